The minimum atomic E-state index is -0.161. The Balaban J connectivity index is 1.95. The van der Waals surface area contributed by atoms with Crippen LogP contribution in [0.5, 0.6) is 0 Å². The number of aromatic nitrogens is 1. The van der Waals surface area contributed by atoms with Gasteiger partial charge in [-0.2, -0.15) is 5.26 Å². The van der Waals surface area contributed by atoms with Gasteiger partial charge in [-0.1, -0.05) is 0 Å². The largest absolute Gasteiger partial charge is 0.348 e. The maximum atomic E-state index is 11.9. The molecule has 1 aliphatic heterocycles. The van der Waals surface area contributed by atoms with Crippen molar-refractivity contribution in [1.82, 2.24) is 15.6 Å². The van der Waals surface area contributed by atoms with Gasteiger partial charge in [0.2, 0.25) is 0 Å². The van der Waals surface area contributed by atoms with E-state index in [4.69, 9.17) is 5.26 Å². The van der Waals surface area contributed by atoms with E-state index in [0.717, 1.165) is 32.4 Å². The van der Waals surface area contributed by atoms with Gasteiger partial charge >= 0.3 is 0 Å². The fraction of sp³-hybridized carbons (Fsp3) is 0.462. The molecule has 2 rings (SSSR count). The molecule has 0 aromatic carbocycles. The number of nitrogens with one attached hydrogen (secondary N) is 2. The van der Waals surface area contributed by atoms with Crippen LogP contribution in [0, 0.1) is 11.3 Å². The Kier molecular flexibility index (Phi) is 4.26. The fourth-order valence-corrected chi connectivity index (χ4v) is 2.02. The molecule has 1 aromatic heterocycles. The van der Waals surface area contributed by atoms with Crippen molar-refractivity contribution in [2.45, 2.75) is 25.3 Å². The van der Waals surface area contributed by atoms with E-state index in [1.54, 1.807) is 12.1 Å². The minimum absolute atomic E-state index is 0.161. The van der Waals surface area contributed by atoms with E-state index in [9.17, 15) is 4.79 Å². The first-order valence-electron chi connectivity index (χ1n) is 6.17. The van der Waals surface area contributed by atoms with Crippen LogP contribution >= 0.6 is 0 Å². The second-order valence-corrected chi connectivity index (χ2v) is 4.40. The molecule has 0 bridgehead atoms. The first-order chi connectivity index (χ1) is 8.79. The molecule has 1 unspecified atom stereocenters. The van der Waals surface area contributed by atoms with Gasteiger partial charge in [0, 0.05) is 12.2 Å². The number of amides is 1. The lowest BCUT2D eigenvalue weighted by atomic mass is 10.1. The monoisotopic (exact) mass is 244 g/mol. The van der Waals surface area contributed by atoms with Crippen molar-refractivity contribution in [3.05, 3.63) is 29.6 Å². The molecular formula is C13H16N4O. The molecule has 18 heavy (non-hydrogen) atoms. The van der Waals surface area contributed by atoms with Crippen LogP contribution in [-0.4, -0.2) is 30.0 Å². The molecule has 0 radical (unpaired) electrons. The molecule has 5 heteroatoms. The second-order valence-electron chi connectivity index (χ2n) is 4.40. The molecule has 1 saturated heterocycles. The molecule has 1 amide bonds. The number of hydrogen-bond donors (Lipinski definition) is 2. The van der Waals surface area contributed by atoms with E-state index in [0.29, 0.717) is 11.3 Å². The van der Waals surface area contributed by atoms with Crippen LogP contribution < -0.4 is 10.6 Å². The lowest BCUT2D eigenvalue weighted by Gasteiger charge is -2.15. The van der Waals surface area contributed by atoms with Crippen molar-refractivity contribution >= 4 is 5.91 Å². The van der Waals surface area contributed by atoms with Gasteiger partial charge in [0.25, 0.3) is 5.91 Å². The predicted molar refractivity (Wildman–Crippen MR) is 66.9 cm³/mol. The van der Waals surface area contributed by atoms with Gasteiger partial charge in [-0.05, 0) is 44.5 Å². The Morgan fingerprint density at radius 2 is 2.33 bits per heavy atom. The molecule has 1 atom stereocenters. The van der Waals surface area contributed by atoms with Gasteiger partial charge in [0.1, 0.15) is 11.8 Å². The fourth-order valence-electron chi connectivity index (χ4n) is 2.02. The van der Waals surface area contributed by atoms with Gasteiger partial charge in [-0.15, -0.1) is 0 Å². The average molecular weight is 244 g/mol. The van der Waals surface area contributed by atoms with Gasteiger partial charge in [-0.25, -0.2) is 4.98 Å². The second kappa shape index (κ2) is 6.12. The van der Waals surface area contributed by atoms with Crippen LogP contribution in [0.1, 0.15) is 35.3 Å². The van der Waals surface area contributed by atoms with E-state index in [1.807, 2.05) is 6.07 Å². The van der Waals surface area contributed by atoms with E-state index >= 15 is 0 Å². The summed E-state index contributed by atoms with van der Waals surface area (Å²) in [4.78, 5) is 15.9. The van der Waals surface area contributed by atoms with Gasteiger partial charge in [0.15, 0.2) is 0 Å². The third kappa shape index (κ3) is 3.28. The number of nitrogens with zero attached hydrogens (tertiary/aromatic N) is 2. The van der Waals surface area contributed by atoms with Crippen LogP contribution in [0.25, 0.3) is 0 Å². The van der Waals surface area contributed by atoms with Crippen molar-refractivity contribution in [3.8, 4) is 6.07 Å². The smallest absolute Gasteiger partial charge is 0.270 e. The minimum Gasteiger partial charge on any atom is -0.348 e. The number of carbonyl (C=O) groups excluding carboxylic acids is 1. The average Bonchev–Trinajstić information content (AvgIpc) is 2.67. The van der Waals surface area contributed by atoms with Gasteiger partial charge < -0.3 is 10.6 Å². The van der Waals surface area contributed by atoms with E-state index in [1.165, 1.54) is 6.20 Å². The summed E-state index contributed by atoms with van der Waals surface area (Å²) in [6.07, 6.45) is 4.44. The molecule has 1 aliphatic rings. The summed E-state index contributed by atoms with van der Waals surface area (Å²) in [7, 11) is 0. The zero-order valence-corrected chi connectivity index (χ0v) is 10.1. The quantitative estimate of drug-likeness (QED) is 0.807. The highest BCUT2D eigenvalue weighted by molar-refractivity contribution is 5.92. The van der Waals surface area contributed by atoms with E-state index in [2.05, 4.69) is 15.6 Å². The van der Waals surface area contributed by atoms with E-state index < -0.39 is 0 Å². The summed E-state index contributed by atoms with van der Waals surface area (Å²) in [6, 6.07) is 5.39. The molecule has 0 spiro atoms. The first kappa shape index (κ1) is 12.5. The Bertz CT molecular complexity index is 441. The van der Waals surface area contributed by atoms with Crippen LogP contribution in [0.4, 0.5) is 0 Å². The summed E-state index contributed by atoms with van der Waals surface area (Å²) in [5, 5.41) is 15.0. The SMILES string of the molecule is N#Cc1ccc(C(=O)NC2CCCNCC2)nc1. The molecule has 2 heterocycles. The summed E-state index contributed by atoms with van der Waals surface area (Å²) >= 11 is 0. The number of rotatable bonds is 2. The molecule has 5 nitrogen and oxygen atoms in total. The van der Waals surface area contributed by atoms with Gasteiger partial charge in [-0.3, -0.25) is 4.79 Å². The molecule has 2 N–H and O–H groups in total. The number of hydrogen-bond acceptors (Lipinski definition) is 4. The number of carbonyl (C=O) groups is 1. The zero-order valence-electron chi connectivity index (χ0n) is 10.1. The summed E-state index contributed by atoms with van der Waals surface area (Å²) in [5.41, 5.74) is 0.830. The zero-order chi connectivity index (χ0) is 12.8. The van der Waals surface area contributed by atoms with Crippen LogP contribution in [-0.2, 0) is 0 Å². The first-order valence-corrected chi connectivity index (χ1v) is 6.17. The van der Waals surface area contributed by atoms with E-state index in [-0.39, 0.29) is 11.9 Å². The highest BCUT2D eigenvalue weighted by Gasteiger charge is 2.16. The Labute approximate surface area is 106 Å². The summed E-state index contributed by atoms with van der Waals surface area (Å²) in [5.74, 6) is -0.161. The standard InChI is InChI=1S/C13H16N4O/c14-8-10-3-4-12(16-9-10)13(18)17-11-2-1-6-15-7-5-11/h3-4,9,11,15H,1-2,5-7H2,(H,17,18). The normalized spacial score (nSPS) is 19.6. The topological polar surface area (TPSA) is 77.8 Å². The third-order valence-corrected chi connectivity index (χ3v) is 3.04. The molecule has 1 fully saturated rings. The molecule has 1 aromatic rings. The molecule has 94 valence electrons. The Morgan fingerprint density at radius 3 is 3.06 bits per heavy atom. The third-order valence-electron chi connectivity index (χ3n) is 3.04. The lowest BCUT2D eigenvalue weighted by Crippen LogP contribution is -2.35. The van der Waals surface area contributed by atoms with Crippen molar-refractivity contribution in [3.63, 3.8) is 0 Å². The number of nitriles is 1. The summed E-state index contributed by atoms with van der Waals surface area (Å²) in [6.45, 7) is 1.95. The highest BCUT2D eigenvalue weighted by Crippen LogP contribution is 2.06. The lowest BCUT2D eigenvalue weighted by molar-refractivity contribution is 0.0929. The maximum Gasteiger partial charge on any atom is 0.270 e. The Morgan fingerprint density at radius 1 is 1.44 bits per heavy atom. The highest BCUT2D eigenvalue weighted by atomic mass is 16.1. The maximum absolute atomic E-state index is 11.9. The molecule has 0 saturated carbocycles. The predicted octanol–water partition coefficient (Wildman–Crippen LogP) is 0.825. The summed E-state index contributed by atoms with van der Waals surface area (Å²) < 4.78 is 0. The van der Waals surface area contributed by atoms with Crippen LogP contribution in [0.15, 0.2) is 18.3 Å². The van der Waals surface area contributed by atoms with Crippen molar-refractivity contribution < 1.29 is 4.79 Å². The number of pyridine rings is 1. The Hall–Kier alpha value is -1.93. The molecule has 0 aliphatic carbocycles. The van der Waals surface area contributed by atoms with Crippen LogP contribution in [0.2, 0.25) is 0 Å². The van der Waals surface area contributed by atoms with Crippen LogP contribution in [0.3, 0.4) is 0 Å². The van der Waals surface area contributed by atoms with Crippen molar-refractivity contribution in [1.29, 1.82) is 5.26 Å². The van der Waals surface area contributed by atoms with Gasteiger partial charge in [0.05, 0.1) is 5.56 Å². The molecular weight excluding hydrogens is 228 g/mol. The van der Waals surface area contributed by atoms with Crippen molar-refractivity contribution in [2.75, 3.05) is 13.1 Å². The van der Waals surface area contributed by atoms with Crippen molar-refractivity contribution in [2.24, 2.45) is 0 Å².